The van der Waals surface area contributed by atoms with Gasteiger partial charge in [-0.1, -0.05) is 60.7 Å². The fourth-order valence-electron chi connectivity index (χ4n) is 4.64. The highest BCUT2D eigenvalue weighted by molar-refractivity contribution is 5.88. The molecule has 2 heterocycles. The van der Waals surface area contributed by atoms with E-state index in [1.165, 1.54) is 17.2 Å². The predicted octanol–water partition coefficient (Wildman–Crippen LogP) is 5.78. The summed E-state index contributed by atoms with van der Waals surface area (Å²) in [7, 11) is 0. The van der Waals surface area contributed by atoms with Crippen LogP contribution in [-0.2, 0) is 9.53 Å². The van der Waals surface area contributed by atoms with Crippen LogP contribution in [0.25, 0.3) is 6.08 Å². The molecule has 0 aliphatic carbocycles. The van der Waals surface area contributed by atoms with Gasteiger partial charge >= 0.3 is 12.1 Å². The molecule has 1 aliphatic heterocycles. The molecule has 0 saturated carbocycles. The number of ether oxygens (including phenoxy) is 1. The standard InChI is InChI=1S/C30H33N3O4/c1-30(2,3)37-29(36)33(26-16-14-22(20-31-26)15-17-27(34)35)25-18-19-32(21-25)28(23-10-6-4-7-11-23)24-12-8-5-9-13-24/h4-17,20,25,28H,18-19,21H2,1-3H3,(H,34,35)/b17-15+/t25-/m1/s1. The van der Waals surface area contributed by atoms with Gasteiger partial charge in [-0.15, -0.1) is 0 Å². The fourth-order valence-corrected chi connectivity index (χ4v) is 4.64. The van der Waals surface area contributed by atoms with E-state index < -0.39 is 17.7 Å². The number of hydrogen-bond acceptors (Lipinski definition) is 5. The minimum absolute atomic E-state index is 0.0596. The third-order valence-electron chi connectivity index (χ3n) is 6.18. The van der Waals surface area contributed by atoms with E-state index in [4.69, 9.17) is 9.84 Å². The number of aromatic nitrogens is 1. The Labute approximate surface area is 218 Å². The van der Waals surface area contributed by atoms with Crippen molar-refractivity contribution in [3.63, 3.8) is 0 Å². The van der Waals surface area contributed by atoms with Gasteiger partial charge in [0, 0.05) is 25.4 Å². The van der Waals surface area contributed by atoms with E-state index in [1.807, 2.05) is 32.9 Å². The Bertz CT molecular complexity index is 1180. The zero-order chi connectivity index (χ0) is 26.4. The predicted molar refractivity (Wildman–Crippen MR) is 144 cm³/mol. The largest absolute Gasteiger partial charge is 0.478 e. The molecular formula is C30H33N3O4. The lowest BCUT2D eigenvalue weighted by molar-refractivity contribution is -0.131. The van der Waals surface area contributed by atoms with Gasteiger partial charge in [0.2, 0.25) is 0 Å². The second-order valence-electron chi connectivity index (χ2n) is 10.1. The Balaban J connectivity index is 1.63. The first-order valence-electron chi connectivity index (χ1n) is 12.4. The molecule has 37 heavy (non-hydrogen) atoms. The summed E-state index contributed by atoms with van der Waals surface area (Å²) in [6.45, 7) is 6.99. The van der Waals surface area contributed by atoms with E-state index in [2.05, 4.69) is 58.4 Å². The average Bonchev–Trinajstić information content (AvgIpc) is 3.33. The maximum Gasteiger partial charge on any atom is 0.416 e. The molecule has 1 fully saturated rings. The number of pyridine rings is 1. The normalized spacial score (nSPS) is 16.3. The number of carboxylic acid groups (broad SMARTS) is 1. The van der Waals surface area contributed by atoms with Gasteiger partial charge in [-0.25, -0.2) is 14.6 Å². The topological polar surface area (TPSA) is 83.0 Å². The Morgan fingerprint density at radius 2 is 1.65 bits per heavy atom. The number of hydrogen-bond donors (Lipinski definition) is 1. The quantitative estimate of drug-likeness (QED) is 0.415. The highest BCUT2D eigenvalue weighted by atomic mass is 16.6. The lowest BCUT2D eigenvalue weighted by Crippen LogP contribution is -2.45. The minimum atomic E-state index is -1.03. The van der Waals surface area contributed by atoms with Crippen LogP contribution >= 0.6 is 0 Å². The molecule has 0 radical (unpaired) electrons. The SMILES string of the molecule is CC(C)(C)OC(=O)N(c1ccc(/C=C/C(=O)O)cn1)[C@@H]1CCN(C(c2ccccc2)c2ccccc2)C1. The second kappa shape index (κ2) is 11.4. The fraction of sp³-hybridized carbons (Fsp3) is 0.300. The van der Waals surface area contributed by atoms with Crippen LogP contribution in [0, 0.1) is 0 Å². The van der Waals surface area contributed by atoms with E-state index in [0.29, 0.717) is 17.9 Å². The number of amides is 1. The Morgan fingerprint density at radius 1 is 1.03 bits per heavy atom. The summed E-state index contributed by atoms with van der Waals surface area (Å²) in [4.78, 5) is 32.8. The third kappa shape index (κ3) is 6.83. The second-order valence-corrected chi connectivity index (χ2v) is 10.1. The molecule has 1 N–H and O–H groups in total. The summed E-state index contributed by atoms with van der Waals surface area (Å²) >= 11 is 0. The first kappa shape index (κ1) is 26.1. The molecule has 192 valence electrons. The maximum atomic E-state index is 13.4. The summed E-state index contributed by atoms with van der Waals surface area (Å²) < 4.78 is 5.78. The molecule has 0 spiro atoms. The van der Waals surface area contributed by atoms with Crippen LogP contribution in [-0.4, -0.2) is 51.8 Å². The third-order valence-corrected chi connectivity index (χ3v) is 6.18. The van der Waals surface area contributed by atoms with Crippen LogP contribution in [0.4, 0.5) is 10.6 Å². The lowest BCUT2D eigenvalue weighted by atomic mass is 9.97. The number of nitrogens with zero attached hydrogens (tertiary/aromatic N) is 3. The number of anilines is 1. The van der Waals surface area contributed by atoms with E-state index in [-0.39, 0.29) is 12.1 Å². The number of carbonyl (C=O) groups excluding carboxylic acids is 1. The minimum Gasteiger partial charge on any atom is -0.478 e. The van der Waals surface area contributed by atoms with Crippen molar-refractivity contribution in [2.75, 3.05) is 18.0 Å². The van der Waals surface area contributed by atoms with Crippen molar-refractivity contribution < 1.29 is 19.4 Å². The molecule has 4 rings (SSSR count). The van der Waals surface area contributed by atoms with Crippen LogP contribution < -0.4 is 4.90 Å². The van der Waals surface area contributed by atoms with E-state index in [1.54, 1.807) is 23.2 Å². The lowest BCUT2D eigenvalue weighted by Gasteiger charge is -2.32. The van der Waals surface area contributed by atoms with Gasteiger partial charge in [-0.05, 0) is 62.1 Å². The molecule has 3 aromatic rings. The van der Waals surface area contributed by atoms with Crippen molar-refractivity contribution in [2.45, 2.75) is 44.9 Å². The van der Waals surface area contributed by atoms with Crippen LogP contribution in [0.1, 0.15) is 49.9 Å². The molecule has 1 amide bonds. The van der Waals surface area contributed by atoms with Crippen molar-refractivity contribution in [3.8, 4) is 0 Å². The van der Waals surface area contributed by atoms with Crippen molar-refractivity contribution in [1.82, 2.24) is 9.88 Å². The average molecular weight is 500 g/mol. The van der Waals surface area contributed by atoms with Gasteiger partial charge in [0.1, 0.15) is 11.4 Å². The number of likely N-dealkylation sites (tertiary alicyclic amines) is 1. The number of benzene rings is 2. The number of carboxylic acids is 1. The van der Waals surface area contributed by atoms with Gasteiger partial charge in [-0.3, -0.25) is 9.80 Å². The molecule has 7 nitrogen and oxygen atoms in total. The molecule has 1 atom stereocenters. The Hall–Kier alpha value is -3.97. The molecule has 1 aliphatic rings. The zero-order valence-corrected chi connectivity index (χ0v) is 21.4. The molecule has 0 unspecified atom stereocenters. The van der Waals surface area contributed by atoms with Crippen molar-refractivity contribution in [1.29, 1.82) is 0 Å². The van der Waals surface area contributed by atoms with Crippen LogP contribution in [0.15, 0.2) is 85.1 Å². The van der Waals surface area contributed by atoms with Crippen molar-refractivity contribution in [3.05, 3.63) is 102 Å². The number of aliphatic carboxylic acids is 1. The van der Waals surface area contributed by atoms with Gasteiger partial charge in [0.25, 0.3) is 0 Å². The first-order chi connectivity index (χ1) is 17.7. The van der Waals surface area contributed by atoms with Crippen molar-refractivity contribution in [2.24, 2.45) is 0 Å². The van der Waals surface area contributed by atoms with Crippen LogP contribution in [0.5, 0.6) is 0 Å². The number of rotatable bonds is 7. The van der Waals surface area contributed by atoms with Gasteiger partial charge in [0.15, 0.2) is 0 Å². The van der Waals surface area contributed by atoms with E-state index in [9.17, 15) is 9.59 Å². The maximum absolute atomic E-state index is 13.4. The Morgan fingerprint density at radius 3 is 2.16 bits per heavy atom. The summed E-state index contributed by atoms with van der Waals surface area (Å²) in [5, 5.41) is 8.90. The zero-order valence-electron chi connectivity index (χ0n) is 21.4. The first-order valence-corrected chi connectivity index (χ1v) is 12.4. The molecule has 7 heteroatoms. The highest BCUT2D eigenvalue weighted by Crippen LogP contribution is 2.34. The summed E-state index contributed by atoms with van der Waals surface area (Å²) in [6, 6.07) is 24.2. The molecule has 0 bridgehead atoms. The Kier molecular flexibility index (Phi) is 8.04. The molecule has 1 saturated heterocycles. The molecule has 1 aromatic heterocycles. The van der Waals surface area contributed by atoms with Crippen LogP contribution in [0.2, 0.25) is 0 Å². The summed E-state index contributed by atoms with van der Waals surface area (Å²) in [6.07, 6.45) is 4.41. The van der Waals surface area contributed by atoms with Gasteiger partial charge < -0.3 is 9.84 Å². The van der Waals surface area contributed by atoms with E-state index >= 15 is 0 Å². The van der Waals surface area contributed by atoms with Gasteiger partial charge in [-0.2, -0.15) is 0 Å². The summed E-state index contributed by atoms with van der Waals surface area (Å²) in [5.41, 5.74) is 2.38. The summed E-state index contributed by atoms with van der Waals surface area (Å²) in [5.74, 6) is -0.554. The van der Waals surface area contributed by atoms with Crippen LogP contribution in [0.3, 0.4) is 0 Å². The monoisotopic (exact) mass is 499 g/mol. The highest BCUT2D eigenvalue weighted by Gasteiger charge is 2.38. The molecule has 2 aromatic carbocycles. The van der Waals surface area contributed by atoms with Crippen molar-refractivity contribution >= 4 is 24.0 Å². The number of carbonyl (C=O) groups is 2. The van der Waals surface area contributed by atoms with E-state index in [0.717, 1.165) is 19.0 Å². The molecular weight excluding hydrogens is 466 g/mol. The smallest absolute Gasteiger partial charge is 0.416 e. The van der Waals surface area contributed by atoms with Gasteiger partial charge in [0.05, 0.1) is 12.1 Å².